The average Bonchev–Trinajstić information content (AvgIpc) is 2.88. The van der Waals surface area contributed by atoms with Crippen LogP contribution in [-0.2, 0) is 4.74 Å². The smallest absolute Gasteiger partial charge is 0.123 e. The predicted octanol–water partition coefficient (Wildman–Crippen LogP) is 4.36. The molecule has 0 radical (unpaired) electrons. The van der Waals surface area contributed by atoms with Crippen LogP contribution in [0.5, 0.6) is 0 Å². The van der Waals surface area contributed by atoms with E-state index in [1.807, 2.05) is 6.07 Å². The number of hydrogen-bond donors (Lipinski definition) is 1. The molecule has 2 fully saturated rings. The van der Waals surface area contributed by atoms with Gasteiger partial charge < -0.3 is 10.1 Å². The zero-order chi connectivity index (χ0) is 14.7. The van der Waals surface area contributed by atoms with E-state index in [9.17, 15) is 4.39 Å². The Kier molecular flexibility index (Phi) is 4.60. The summed E-state index contributed by atoms with van der Waals surface area (Å²) >= 11 is 0. The Hall–Kier alpha value is -0.930. The van der Waals surface area contributed by atoms with Crippen molar-refractivity contribution < 1.29 is 9.13 Å². The Morgan fingerprint density at radius 3 is 2.86 bits per heavy atom. The minimum Gasteiger partial charge on any atom is -0.370 e. The second kappa shape index (κ2) is 6.45. The summed E-state index contributed by atoms with van der Waals surface area (Å²) in [5.41, 5.74) is 1.19. The van der Waals surface area contributed by atoms with E-state index in [1.54, 1.807) is 12.1 Å². The number of rotatable bonds is 4. The maximum Gasteiger partial charge on any atom is 0.123 e. The fourth-order valence-corrected chi connectivity index (χ4v) is 3.81. The number of benzene rings is 1. The largest absolute Gasteiger partial charge is 0.370 e. The topological polar surface area (TPSA) is 21.3 Å². The van der Waals surface area contributed by atoms with Crippen LogP contribution >= 0.6 is 0 Å². The Bertz CT molecular complexity index is 470. The van der Waals surface area contributed by atoms with Crippen LogP contribution in [0.1, 0.15) is 63.5 Å². The van der Waals surface area contributed by atoms with Crippen LogP contribution in [0.25, 0.3) is 0 Å². The van der Waals surface area contributed by atoms with Gasteiger partial charge in [0.2, 0.25) is 0 Å². The van der Waals surface area contributed by atoms with Gasteiger partial charge in [0.25, 0.3) is 0 Å². The highest BCUT2D eigenvalue weighted by Gasteiger charge is 2.40. The van der Waals surface area contributed by atoms with Crippen molar-refractivity contribution in [2.45, 2.75) is 69.6 Å². The lowest BCUT2D eigenvalue weighted by atomic mass is 9.83. The molecule has 1 unspecified atom stereocenters. The summed E-state index contributed by atoms with van der Waals surface area (Å²) in [6.45, 7) is 2.94. The molecule has 1 saturated carbocycles. The summed E-state index contributed by atoms with van der Waals surface area (Å²) in [7, 11) is 0. The van der Waals surface area contributed by atoms with E-state index in [0.717, 1.165) is 18.5 Å². The zero-order valence-corrected chi connectivity index (χ0v) is 12.9. The molecule has 1 aromatic carbocycles. The Morgan fingerprint density at radius 1 is 1.29 bits per heavy atom. The molecule has 116 valence electrons. The normalized spacial score (nSPS) is 26.1. The van der Waals surface area contributed by atoms with E-state index < -0.39 is 0 Å². The van der Waals surface area contributed by atoms with Crippen LogP contribution in [0.3, 0.4) is 0 Å². The Labute approximate surface area is 127 Å². The van der Waals surface area contributed by atoms with Crippen molar-refractivity contribution >= 4 is 0 Å². The van der Waals surface area contributed by atoms with Gasteiger partial charge >= 0.3 is 0 Å². The molecule has 0 amide bonds. The molecule has 1 spiro atoms. The van der Waals surface area contributed by atoms with Crippen LogP contribution in [0.4, 0.5) is 4.39 Å². The standard InChI is InChI=1S/C18H26FNO/c1-14(15-6-5-7-16(19)12-15)20-13-17-8-11-18(21-17)9-3-2-4-10-18/h5-7,12,14,17,20H,2-4,8-11,13H2,1H3/t14-,17?/m0/s1. The maximum absolute atomic E-state index is 13.3. The molecule has 2 aliphatic rings. The second-order valence-electron chi connectivity index (χ2n) is 6.71. The molecule has 1 aliphatic carbocycles. The summed E-state index contributed by atoms with van der Waals surface area (Å²) in [6.07, 6.45) is 9.17. The quantitative estimate of drug-likeness (QED) is 0.890. The van der Waals surface area contributed by atoms with E-state index in [2.05, 4.69) is 12.2 Å². The molecule has 1 heterocycles. The van der Waals surface area contributed by atoms with Crippen LogP contribution < -0.4 is 5.32 Å². The molecule has 21 heavy (non-hydrogen) atoms. The van der Waals surface area contributed by atoms with Gasteiger partial charge in [-0.25, -0.2) is 4.39 Å². The van der Waals surface area contributed by atoms with Gasteiger partial charge in [0.1, 0.15) is 5.82 Å². The molecule has 1 aliphatic heterocycles. The van der Waals surface area contributed by atoms with Gasteiger partial charge in [0.15, 0.2) is 0 Å². The second-order valence-corrected chi connectivity index (χ2v) is 6.71. The average molecular weight is 291 g/mol. The van der Waals surface area contributed by atoms with Gasteiger partial charge in [0.05, 0.1) is 11.7 Å². The van der Waals surface area contributed by atoms with Gasteiger partial charge in [-0.05, 0) is 50.3 Å². The molecule has 0 bridgehead atoms. The van der Waals surface area contributed by atoms with Crippen molar-refractivity contribution in [2.24, 2.45) is 0 Å². The maximum atomic E-state index is 13.3. The van der Waals surface area contributed by atoms with E-state index in [1.165, 1.54) is 44.6 Å². The molecule has 0 aromatic heterocycles. The van der Waals surface area contributed by atoms with Gasteiger partial charge in [-0.3, -0.25) is 0 Å². The van der Waals surface area contributed by atoms with Crippen molar-refractivity contribution in [3.05, 3.63) is 35.6 Å². The van der Waals surface area contributed by atoms with Gasteiger partial charge in [-0.1, -0.05) is 31.4 Å². The zero-order valence-electron chi connectivity index (χ0n) is 12.9. The predicted molar refractivity (Wildman–Crippen MR) is 82.7 cm³/mol. The van der Waals surface area contributed by atoms with Gasteiger partial charge in [-0.15, -0.1) is 0 Å². The molecular weight excluding hydrogens is 265 g/mol. The van der Waals surface area contributed by atoms with E-state index in [4.69, 9.17) is 4.74 Å². The van der Waals surface area contributed by atoms with Crippen molar-refractivity contribution in [2.75, 3.05) is 6.54 Å². The van der Waals surface area contributed by atoms with Crippen LogP contribution in [0.2, 0.25) is 0 Å². The molecule has 3 heteroatoms. The summed E-state index contributed by atoms with van der Waals surface area (Å²) < 4.78 is 19.6. The molecule has 1 saturated heterocycles. The number of nitrogens with one attached hydrogen (secondary N) is 1. The lowest BCUT2D eigenvalue weighted by Crippen LogP contribution is -2.35. The highest BCUT2D eigenvalue weighted by molar-refractivity contribution is 5.19. The van der Waals surface area contributed by atoms with Crippen molar-refractivity contribution in [1.29, 1.82) is 0 Å². The van der Waals surface area contributed by atoms with Crippen LogP contribution in [0, 0.1) is 5.82 Å². The Balaban J connectivity index is 1.49. The lowest BCUT2D eigenvalue weighted by molar-refractivity contribution is -0.0628. The number of ether oxygens (including phenoxy) is 1. The van der Waals surface area contributed by atoms with E-state index >= 15 is 0 Å². The minimum absolute atomic E-state index is 0.159. The first-order valence-corrected chi connectivity index (χ1v) is 8.34. The summed E-state index contributed by atoms with van der Waals surface area (Å²) in [5.74, 6) is -0.167. The third-order valence-corrected chi connectivity index (χ3v) is 5.10. The highest BCUT2D eigenvalue weighted by atomic mass is 19.1. The fourth-order valence-electron chi connectivity index (χ4n) is 3.81. The first-order chi connectivity index (χ1) is 10.2. The number of hydrogen-bond acceptors (Lipinski definition) is 2. The number of halogens is 1. The van der Waals surface area contributed by atoms with Crippen LogP contribution in [-0.4, -0.2) is 18.2 Å². The van der Waals surface area contributed by atoms with E-state index in [0.29, 0.717) is 6.10 Å². The monoisotopic (exact) mass is 291 g/mol. The third-order valence-electron chi connectivity index (χ3n) is 5.10. The highest BCUT2D eigenvalue weighted by Crippen LogP contribution is 2.41. The SMILES string of the molecule is C[C@H](NCC1CCC2(CCCCC2)O1)c1cccc(F)c1. The molecule has 1 aromatic rings. The van der Waals surface area contributed by atoms with Gasteiger partial charge in [-0.2, -0.15) is 0 Å². The van der Waals surface area contributed by atoms with Crippen LogP contribution in [0.15, 0.2) is 24.3 Å². The summed E-state index contributed by atoms with van der Waals surface area (Å²) in [4.78, 5) is 0. The molecular formula is C18H26FNO. The minimum atomic E-state index is -0.167. The molecule has 2 atom stereocenters. The fraction of sp³-hybridized carbons (Fsp3) is 0.667. The third kappa shape index (κ3) is 3.64. The molecule has 1 N–H and O–H groups in total. The first kappa shape index (κ1) is 15.0. The van der Waals surface area contributed by atoms with Gasteiger partial charge in [0, 0.05) is 12.6 Å². The Morgan fingerprint density at radius 2 is 2.10 bits per heavy atom. The first-order valence-electron chi connectivity index (χ1n) is 8.34. The van der Waals surface area contributed by atoms with Crippen molar-refractivity contribution in [1.82, 2.24) is 5.32 Å². The van der Waals surface area contributed by atoms with E-state index in [-0.39, 0.29) is 17.5 Å². The molecule has 3 rings (SSSR count). The molecule has 2 nitrogen and oxygen atoms in total. The summed E-state index contributed by atoms with van der Waals surface area (Å²) in [5, 5.41) is 3.50. The summed E-state index contributed by atoms with van der Waals surface area (Å²) in [6, 6.07) is 7.00. The van der Waals surface area contributed by atoms with Crippen molar-refractivity contribution in [3.63, 3.8) is 0 Å². The lowest BCUT2D eigenvalue weighted by Gasteiger charge is -2.33. The van der Waals surface area contributed by atoms with Crippen molar-refractivity contribution in [3.8, 4) is 0 Å².